The predicted octanol–water partition coefficient (Wildman–Crippen LogP) is 10.6. The number of nitrogens with zero attached hydrogens (tertiary/aromatic N) is 7. The molecule has 0 aliphatic carbocycles. The van der Waals surface area contributed by atoms with Crippen LogP contribution in [0.1, 0.15) is 193 Å². The largest absolute Gasteiger partial charge is 0.493 e. The predicted molar refractivity (Wildman–Crippen MR) is 297 cm³/mol. The monoisotopic (exact) mass is 1090 g/mol. The number of hydrogen-bond donors (Lipinski definition) is 1. The smallest absolute Gasteiger partial charge is 0.407 e. The molecule has 5 aromatic heterocycles. The number of aromatic nitrogens is 5. The first-order valence-electron chi connectivity index (χ1n) is 26.5. The van der Waals surface area contributed by atoms with Crippen molar-refractivity contribution in [1.29, 1.82) is 0 Å². The number of amides is 1. The highest BCUT2D eigenvalue weighted by atomic mass is 16.6. The Morgan fingerprint density at radius 3 is 0.975 bits per heavy atom. The van der Waals surface area contributed by atoms with E-state index in [0.29, 0.717) is 65.9 Å². The van der Waals surface area contributed by atoms with Crippen molar-refractivity contribution in [2.45, 2.75) is 184 Å². The first kappa shape index (κ1) is 62.5. The SMILES string of the molecule is CC(C)(C)OC(=O)NCCCCOc1cc(CN(Cc2cccc(C(=O)OC(C)(C)C)n2)Cc2cccc(C(=O)OC(C)(C)C)n2)nc(CN(Cc2cccc(C(=O)OC(C)(C)C)n2)Cc2cccc(C(=O)OC(C)(C)C)n2)c1. The zero-order valence-corrected chi connectivity index (χ0v) is 48.8. The van der Waals surface area contributed by atoms with Crippen LogP contribution < -0.4 is 10.1 Å². The molecule has 0 saturated carbocycles. The zero-order chi connectivity index (χ0) is 58.3. The van der Waals surface area contributed by atoms with E-state index >= 15 is 0 Å². The van der Waals surface area contributed by atoms with Crippen molar-refractivity contribution in [3.05, 3.63) is 142 Å². The number of unbranched alkanes of at least 4 members (excludes halogenated alkanes) is 1. The first-order valence-corrected chi connectivity index (χ1v) is 26.5. The number of carbonyl (C=O) groups excluding carboxylic acids is 5. The van der Waals surface area contributed by atoms with Crippen LogP contribution in [0.5, 0.6) is 5.75 Å². The highest BCUT2D eigenvalue weighted by Crippen LogP contribution is 2.23. The number of alkyl carbamates (subject to hydrolysis) is 1. The van der Waals surface area contributed by atoms with Crippen LogP contribution in [0, 0.1) is 0 Å². The maximum atomic E-state index is 13.2. The molecule has 426 valence electrons. The van der Waals surface area contributed by atoms with Gasteiger partial charge in [-0.3, -0.25) is 14.8 Å². The van der Waals surface area contributed by atoms with Crippen LogP contribution in [0.2, 0.25) is 0 Å². The molecule has 19 nitrogen and oxygen atoms in total. The molecule has 79 heavy (non-hydrogen) atoms. The molecule has 5 heterocycles. The molecule has 0 fully saturated rings. The second-order valence-electron chi connectivity index (χ2n) is 24.1. The van der Waals surface area contributed by atoms with E-state index < -0.39 is 58.0 Å². The molecule has 5 rings (SSSR count). The fraction of sp³-hybridized carbons (Fsp3) is 0.500. The number of esters is 4. The van der Waals surface area contributed by atoms with E-state index in [1.165, 1.54) is 0 Å². The maximum Gasteiger partial charge on any atom is 0.407 e. The Hall–Kier alpha value is -7.38. The minimum Gasteiger partial charge on any atom is -0.493 e. The normalized spacial score (nSPS) is 12.2. The van der Waals surface area contributed by atoms with E-state index in [4.69, 9.17) is 53.3 Å². The molecule has 0 aliphatic rings. The molecule has 0 spiro atoms. The van der Waals surface area contributed by atoms with Crippen LogP contribution in [0.15, 0.2) is 84.9 Å². The van der Waals surface area contributed by atoms with Gasteiger partial charge in [-0.05, 0) is 165 Å². The molecule has 0 atom stereocenters. The summed E-state index contributed by atoms with van der Waals surface area (Å²) in [6.45, 7) is 28.9. The summed E-state index contributed by atoms with van der Waals surface area (Å²) in [5, 5.41) is 2.80. The fourth-order valence-corrected chi connectivity index (χ4v) is 7.54. The number of nitrogens with one attached hydrogen (secondary N) is 1. The molecule has 0 aromatic carbocycles. The summed E-state index contributed by atoms with van der Waals surface area (Å²) in [5.41, 5.74) is 0.439. The summed E-state index contributed by atoms with van der Waals surface area (Å²) in [4.78, 5) is 93.5. The number of pyridine rings is 5. The minimum absolute atomic E-state index is 0.145. The van der Waals surface area contributed by atoms with Crippen molar-refractivity contribution in [2.75, 3.05) is 13.2 Å². The first-order chi connectivity index (χ1) is 36.7. The van der Waals surface area contributed by atoms with Crippen molar-refractivity contribution in [3.63, 3.8) is 0 Å². The minimum atomic E-state index is -0.740. The lowest BCUT2D eigenvalue weighted by Crippen LogP contribution is -2.33. The van der Waals surface area contributed by atoms with Crippen LogP contribution in [0.25, 0.3) is 0 Å². The Kier molecular flexibility index (Phi) is 21.3. The van der Waals surface area contributed by atoms with E-state index in [0.717, 1.165) is 0 Å². The van der Waals surface area contributed by atoms with Gasteiger partial charge in [0.2, 0.25) is 0 Å². The molecular weight excluding hydrogens is 1010 g/mol. The van der Waals surface area contributed by atoms with Crippen LogP contribution in [0.4, 0.5) is 4.79 Å². The fourth-order valence-electron chi connectivity index (χ4n) is 7.54. The van der Waals surface area contributed by atoms with Gasteiger partial charge in [-0.15, -0.1) is 0 Å². The van der Waals surface area contributed by atoms with E-state index in [2.05, 4.69) is 5.32 Å². The summed E-state index contributed by atoms with van der Waals surface area (Å²) in [5.74, 6) is -1.73. The highest BCUT2D eigenvalue weighted by Gasteiger charge is 2.25. The number of hydrogen-bond acceptors (Lipinski definition) is 18. The second-order valence-corrected chi connectivity index (χ2v) is 24.1. The summed E-state index contributed by atoms with van der Waals surface area (Å²) in [6, 6.07) is 24.4. The lowest BCUT2D eigenvalue weighted by molar-refractivity contribution is 0.00497. The Morgan fingerprint density at radius 1 is 0.392 bits per heavy atom. The Bertz CT molecular complexity index is 2580. The molecule has 0 unspecified atom stereocenters. The summed E-state index contributed by atoms with van der Waals surface area (Å²) in [6.07, 6.45) is 0.712. The van der Waals surface area contributed by atoms with E-state index in [9.17, 15) is 24.0 Å². The van der Waals surface area contributed by atoms with Gasteiger partial charge in [0.15, 0.2) is 0 Å². The van der Waals surface area contributed by atoms with Gasteiger partial charge in [0.25, 0.3) is 0 Å². The molecular formula is C60H80N8O11. The topological polar surface area (TPSA) is 224 Å². The summed E-state index contributed by atoms with van der Waals surface area (Å²) >= 11 is 0. The van der Waals surface area contributed by atoms with Gasteiger partial charge in [-0.2, -0.15) is 0 Å². The third-order valence-electron chi connectivity index (χ3n) is 10.4. The summed E-state index contributed by atoms with van der Waals surface area (Å²) < 4.78 is 34.5. The van der Waals surface area contributed by atoms with Crippen molar-refractivity contribution >= 4 is 30.0 Å². The molecule has 1 amide bonds. The van der Waals surface area contributed by atoms with Gasteiger partial charge in [0.1, 0.15) is 56.5 Å². The van der Waals surface area contributed by atoms with Gasteiger partial charge in [0.05, 0.1) is 40.8 Å². The molecule has 1 N–H and O–H groups in total. The van der Waals surface area contributed by atoms with E-state index in [1.54, 1.807) is 152 Å². The van der Waals surface area contributed by atoms with Crippen LogP contribution >= 0.6 is 0 Å². The van der Waals surface area contributed by atoms with E-state index in [-0.39, 0.29) is 62.0 Å². The molecule has 0 aliphatic heterocycles. The molecule has 0 bridgehead atoms. The number of carbonyl (C=O) groups is 5. The van der Waals surface area contributed by atoms with Gasteiger partial charge in [-0.25, -0.2) is 43.9 Å². The third kappa shape index (κ3) is 23.6. The quantitative estimate of drug-likeness (QED) is 0.0386. The number of ether oxygens (including phenoxy) is 6. The zero-order valence-electron chi connectivity index (χ0n) is 48.8. The highest BCUT2D eigenvalue weighted by molar-refractivity contribution is 5.89. The Labute approximate surface area is 465 Å². The molecule has 5 aromatic rings. The van der Waals surface area contributed by atoms with Crippen molar-refractivity contribution in [2.24, 2.45) is 0 Å². The maximum absolute atomic E-state index is 13.2. The van der Waals surface area contributed by atoms with Crippen molar-refractivity contribution < 1.29 is 52.4 Å². The van der Waals surface area contributed by atoms with Crippen LogP contribution in [-0.4, -0.2) is 106 Å². The lowest BCUT2D eigenvalue weighted by atomic mass is 10.2. The average Bonchev–Trinajstić information content (AvgIpc) is 3.30. The number of rotatable bonds is 22. The Balaban J connectivity index is 1.56. The van der Waals surface area contributed by atoms with Gasteiger partial charge >= 0.3 is 30.0 Å². The van der Waals surface area contributed by atoms with Gasteiger partial charge < -0.3 is 33.7 Å². The van der Waals surface area contributed by atoms with E-state index in [1.807, 2.05) is 46.2 Å². The molecule has 0 radical (unpaired) electrons. The van der Waals surface area contributed by atoms with Crippen LogP contribution in [0.3, 0.4) is 0 Å². The molecule has 0 saturated heterocycles. The van der Waals surface area contributed by atoms with Crippen LogP contribution in [-0.2, 0) is 63.0 Å². The Morgan fingerprint density at radius 2 is 0.684 bits per heavy atom. The van der Waals surface area contributed by atoms with Crippen molar-refractivity contribution in [3.8, 4) is 5.75 Å². The lowest BCUT2D eigenvalue weighted by Gasteiger charge is -2.25. The van der Waals surface area contributed by atoms with Gasteiger partial charge in [0, 0.05) is 57.9 Å². The standard InChI is InChI=1S/C60H80N8O11/c1-56(2,3)75-51(69)47-26-18-22-40(63-47)34-67(35-41-23-19-27-48(64-41)52(70)76-57(4,5)6)38-44-32-46(74-31-17-16-30-61-55(73)79-60(13,14)15)33-45(62-44)39-68(36-42-24-20-28-49(65-42)53(71)77-58(7,8)9)37-43-25-21-29-50(66-43)54(72)78-59(10,11)12/h18-29,32-33H,16-17,30-31,34-39H2,1-15H3,(H,61,73). The third-order valence-corrected chi connectivity index (χ3v) is 10.4. The van der Waals surface area contributed by atoms with Crippen molar-refractivity contribution in [1.82, 2.24) is 40.0 Å². The van der Waals surface area contributed by atoms with Gasteiger partial charge in [-0.1, -0.05) is 24.3 Å². The average molecular weight is 1090 g/mol. The molecule has 19 heteroatoms. The summed E-state index contributed by atoms with van der Waals surface area (Å²) in [7, 11) is 0. The second kappa shape index (κ2) is 27.0.